The van der Waals surface area contributed by atoms with E-state index < -0.39 is 0 Å². The Bertz CT molecular complexity index is 1220. The van der Waals surface area contributed by atoms with Crippen molar-refractivity contribution in [3.8, 4) is 5.75 Å². The minimum Gasteiger partial charge on any atom is -0.484 e. The Morgan fingerprint density at radius 3 is 2.30 bits per heavy atom. The summed E-state index contributed by atoms with van der Waals surface area (Å²) in [4.78, 5) is 16.9. The summed E-state index contributed by atoms with van der Waals surface area (Å²) in [5, 5.41) is 2.87. The molecule has 1 N–H and O–H groups in total. The lowest BCUT2D eigenvalue weighted by Crippen LogP contribution is -2.20. The summed E-state index contributed by atoms with van der Waals surface area (Å²) < 4.78 is 11.5. The van der Waals surface area contributed by atoms with Crippen LogP contribution in [0.5, 0.6) is 5.75 Å². The highest BCUT2D eigenvalue weighted by Gasteiger charge is 2.13. The van der Waals surface area contributed by atoms with Gasteiger partial charge in [-0.2, -0.15) is 0 Å². The van der Waals surface area contributed by atoms with Crippen LogP contribution in [0.4, 0.5) is 5.69 Å². The second-order valence-electron chi connectivity index (χ2n) is 9.50. The highest BCUT2D eigenvalue weighted by molar-refractivity contribution is 5.91. The van der Waals surface area contributed by atoms with Crippen LogP contribution in [0.2, 0.25) is 0 Å². The first kappa shape index (κ1) is 22.6. The van der Waals surface area contributed by atoms with Crippen molar-refractivity contribution < 1.29 is 13.9 Å². The summed E-state index contributed by atoms with van der Waals surface area (Å²) in [7, 11) is 0. The first-order valence-electron chi connectivity index (χ1n) is 11.2. The number of amides is 1. The van der Waals surface area contributed by atoms with Crippen molar-refractivity contribution in [2.75, 3.05) is 11.9 Å². The second kappa shape index (κ2) is 9.10. The fourth-order valence-electron chi connectivity index (χ4n) is 3.58. The van der Waals surface area contributed by atoms with Crippen molar-refractivity contribution in [2.45, 2.75) is 46.5 Å². The molecule has 0 aliphatic rings. The molecule has 3 aromatic carbocycles. The van der Waals surface area contributed by atoms with E-state index in [0.29, 0.717) is 18.1 Å². The maximum Gasteiger partial charge on any atom is 0.262 e. The van der Waals surface area contributed by atoms with Gasteiger partial charge in [0.15, 0.2) is 18.1 Å². The van der Waals surface area contributed by atoms with E-state index >= 15 is 0 Å². The van der Waals surface area contributed by atoms with Crippen LogP contribution in [0.3, 0.4) is 0 Å². The molecule has 0 aliphatic carbocycles. The molecule has 4 aromatic rings. The smallest absolute Gasteiger partial charge is 0.262 e. The number of hydrogen-bond donors (Lipinski definition) is 1. The van der Waals surface area contributed by atoms with Crippen LogP contribution in [-0.2, 0) is 16.6 Å². The summed E-state index contributed by atoms with van der Waals surface area (Å²) in [5.41, 5.74) is 7.17. The third kappa shape index (κ3) is 5.61. The van der Waals surface area contributed by atoms with Crippen LogP contribution in [0.15, 0.2) is 65.1 Å². The maximum atomic E-state index is 12.3. The number of nitrogens with one attached hydrogen (secondary N) is 1. The first-order chi connectivity index (χ1) is 15.7. The monoisotopic (exact) mass is 442 g/mol. The van der Waals surface area contributed by atoms with Crippen LogP contribution in [0, 0.1) is 13.8 Å². The summed E-state index contributed by atoms with van der Waals surface area (Å²) in [5.74, 6) is 1.15. The second-order valence-corrected chi connectivity index (χ2v) is 9.50. The predicted octanol–water partition coefficient (Wildman–Crippen LogP) is 6.35. The molecule has 4 rings (SSSR count). The molecule has 0 spiro atoms. The number of aryl methyl sites for hydroxylation is 2. The Labute approximate surface area is 194 Å². The number of anilines is 1. The van der Waals surface area contributed by atoms with Crippen LogP contribution < -0.4 is 10.1 Å². The van der Waals surface area contributed by atoms with Crippen LogP contribution in [-0.4, -0.2) is 17.5 Å². The molecule has 0 unspecified atom stereocenters. The molecule has 0 aliphatic heterocycles. The van der Waals surface area contributed by atoms with Crippen LogP contribution in [0.1, 0.15) is 48.9 Å². The van der Waals surface area contributed by atoms with Crippen LogP contribution in [0.25, 0.3) is 11.1 Å². The molecular weight excluding hydrogens is 412 g/mol. The molecule has 1 amide bonds. The summed E-state index contributed by atoms with van der Waals surface area (Å²) in [6, 6.07) is 19.6. The van der Waals surface area contributed by atoms with Gasteiger partial charge in [-0.1, -0.05) is 45.0 Å². The quantitative estimate of drug-likeness (QED) is 0.378. The van der Waals surface area contributed by atoms with E-state index in [2.05, 4.69) is 51.0 Å². The Kier molecular flexibility index (Phi) is 6.23. The Balaban J connectivity index is 1.31. The van der Waals surface area contributed by atoms with Gasteiger partial charge in [0.1, 0.15) is 11.3 Å². The number of aromatic nitrogens is 1. The van der Waals surface area contributed by atoms with Gasteiger partial charge in [-0.3, -0.25) is 4.79 Å². The van der Waals surface area contributed by atoms with Crippen molar-refractivity contribution in [3.05, 3.63) is 88.8 Å². The molecule has 5 heteroatoms. The molecule has 1 heterocycles. The number of nitrogens with zero attached hydrogens (tertiary/aromatic N) is 1. The third-order valence-corrected chi connectivity index (χ3v) is 5.73. The average Bonchev–Trinajstić information content (AvgIpc) is 3.14. The van der Waals surface area contributed by atoms with Crippen LogP contribution >= 0.6 is 0 Å². The van der Waals surface area contributed by atoms with Crippen molar-refractivity contribution in [1.29, 1.82) is 0 Å². The van der Waals surface area contributed by atoms with E-state index in [0.717, 1.165) is 22.4 Å². The molecular formula is C28H30N2O3. The zero-order valence-electron chi connectivity index (χ0n) is 19.9. The largest absolute Gasteiger partial charge is 0.484 e. The fourth-order valence-corrected chi connectivity index (χ4v) is 3.58. The number of benzene rings is 3. The number of rotatable bonds is 6. The minimum atomic E-state index is -0.202. The molecule has 33 heavy (non-hydrogen) atoms. The van der Waals surface area contributed by atoms with Gasteiger partial charge >= 0.3 is 0 Å². The average molecular weight is 443 g/mol. The molecule has 1 aromatic heterocycles. The van der Waals surface area contributed by atoms with Gasteiger partial charge in [-0.25, -0.2) is 4.98 Å². The molecule has 0 radical (unpaired) electrons. The minimum absolute atomic E-state index is 0.0433. The standard InChI is InChI=1S/C28H30N2O3/c1-18-14-24-25(15-19(18)2)33-27(30-24)16-20-6-10-22(11-7-20)29-26(31)17-32-23-12-8-21(9-13-23)28(3,4)5/h6-15H,16-17H2,1-5H3,(H,29,31). The van der Waals surface area contributed by atoms with Crippen molar-refractivity contribution in [2.24, 2.45) is 0 Å². The normalized spacial score (nSPS) is 11.5. The number of hydrogen-bond acceptors (Lipinski definition) is 4. The fraction of sp³-hybridized carbons (Fsp3) is 0.286. The zero-order valence-corrected chi connectivity index (χ0v) is 19.9. The molecule has 0 bridgehead atoms. The highest BCUT2D eigenvalue weighted by Crippen LogP contribution is 2.24. The lowest BCUT2D eigenvalue weighted by atomic mass is 9.87. The zero-order chi connectivity index (χ0) is 23.6. The molecule has 0 fully saturated rings. The van der Waals surface area contributed by atoms with E-state index in [-0.39, 0.29) is 17.9 Å². The van der Waals surface area contributed by atoms with Crippen molar-refractivity contribution >= 4 is 22.7 Å². The van der Waals surface area contributed by atoms with Gasteiger partial charge in [0, 0.05) is 12.1 Å². The van der Waals surface area contributed by atoms with Gasteiger partial charge in [0.2, 0.25) is 0 Å². The van der Waals surface area contributed by atoms with Gasteiger partial charge in [0.25, 0.3) is 5.91 Å². The van der Waals surface area contributed by atoms with Gasteiger partial charge < -0.3 is 14.5 Å². The van der Waals surface area contributed by atoms with E-state index in [4.69, 9.17) is 9.15 Å². The van der Waals surface area contributed by atoms with E-state index in [1.807, 2.05) is 54.6 Å². The Morgan fingerprint density at radius 1 is 0.970 bits per heavy atom. The highest BCUT2D eigenvalue weighted by atomic mass is 16.5. The summed E-state index contributed by atoms with van der Waals surface area (Å²) >= 11 is 0. The van der Waals surface area contributed by atoms with E-state index in [9.17, 15) is 4.79 Å². The van der Waals surface area contributed by atoms with Crippen molar-refractivity contribution in [1.82, 2.24) is 4.98 Å². The van der Waals surface area contributed by atoms with Gasteiger partial charge in [-0.05, 0) is 77.9 Å². The number of carbonyl (C=O) groups excluding carboxylic acids is 1. The topological polar surface area (TPSA) is 64.4 Å². The third-order valence-electron chi connectivity index (χ3n) is 5.73. The molecule has 0 saturated carbocycles. The first-order valence-corrected chi connectivity index (χ1v) is 11.2. The van der Waals surface area contributed by atoms with E-state index in [1.165, 1.54) is 16.7 Å². The number of oxazole rings is 1. The summed E-state index contributed by atoms with van der Waals surface area (Å²) in [6.07, 6.45) is 0.592. The number of carbonyl (C=O) groups is 1. The summed E-state index contributed by atoms with van der Waals surface area (Å²) in [6.45, 7) is 10.6. The molecule has 170 valence electrons. The number of fused-ring (bicyclic) bond motifs is 1. The number of ether oxygens (including phenoxy) is 1. The SMILES string of the molecule is Cc1cc2nc(Cc3ccc(NC(=O)COc4ccc(C(C)(C)C)cc4)cc3)oc2cc1C. The lowest BCUT2D eigenvalue weighted by molar-refractivity contribution is -0.118. The maximum absolute atomic E-state index is 12.3. The van der Waals surface area contributed by atoms with Gasteiger partial charge in [-0.15, -0.1) is 0 Å². The predicted molar refractivity (Wildman–Crippen MR) is 132 cm³/mol. The molecule has 0 atom stereocenters. The lowest BCUT2D eigenvalue weighted by Gasteiger charge is -2.19. The van der Waals surface area contributed by atoms with Gasteiger partial charge in [0.05, 0.1) is 0 Å². The Hall–Kier alpha value is -3.60. The molecule has 0 saturated heterocycles. The van der Waals surface area contributed by atoms with Crippen molar-refractivity contribution in [3.63, 3.8) is 0 Å². The Morgan fingerprint density at radius 2 is 1.64 bits per heavy atom. The van der Waals surface area contributed by atoms with E-state index in [1.54, 1.807) is 0 Å². The molecule has 5 nitrogen and oxygen atoms in total.